The number of carboxylic acid groups (broad SMARTS) is 1. The number of para-hydroxylation sites is 1. The molecule has 0 aromatic heterocycles. The van der Waals surface area contributed by atoms with Crippen molar-refractivity contribution in [2.75, 3.05) is 38.0 Å². The van der Waals surface area contributed by atoms with E-state index in [4.69, 9.17) is 0 Å². The molecule has 3 N–H and O–H groups in total. The Kier molecular flexibility index (Phi) is 5.06. The summed E-state index contributed by atoms with van der Waals surface area (Å²) < 4.78 is 0. The number of hydrogen-bond acceptors (Lipinski definition) is 4. The first kappa shape index (κ1) is 19.2. The van der Waals surface area contributed by atoms with Gasteiger partial charge in [-0.15, -0.1) is 0 Å². The largest absolute Gasteiger partial charge is 0.481 e. The Morgan fingerprint density at radius 3 is 2.75 bits per heavy atom. The standard InChI is InChI=1S/C23H31N3O2/c1-3-24-16-23(21(27)28)10-12-26(13-11-23)15-17-8-9-22(2)19(14-17)18-6-4-5-7-20(18)25-22/h4-8,14,24-25H,3,9-13,15-16H2,1-2H3,(H,27,28). The summed E-state index contributed by atoms with van der Waals surface area (Å²) in [5, 5.41) is 16.7. The van der Waals surface area contributed by atoms with Crippen LogP contribution in [0.15, 0.2) is 42.0 Å². The second-order valence-electron chi connectivity index (χ2n) is 8.69. The number of fused-ring (bicyclic) bond motifs is 3. The van der Waals surface area contributed by atoms with Crippen molar-refractivity contribution in [3.8, 4) is 0 Å². The first-order valence-electron chi connectivity index (χ1n) is 10.4. The molecule has 1 aromatic carbocycles. The molecule has 1 fully saturated rings. The minimum Gasteiger partial charge on any atom is -0.481 e. The highest BCUT2D eigenvalue weighted by Crippen LogP contribution is 2.46. The van der Waals surface area contributed by atoms with E-state index in [2.05, 4.69) is 58.9 Å². The molecule has 0 bridgehead atoms. The quantitative estimate of drug-likeness (QED) is 0.705. The molecule has 1 atom stereocenters. The summed E-state index contributed by atoms with van der Waals surface area (Å²) in [6, 6.07) is 8.54. The van der Waals surface area contributed by atoms with Crippen LogP contribution in [-0.4, -0.2) is 54.2 Å². The lowest BCUT2D eigenvalue weighted by molar-refractivity contribution is -0.151. The zero-order chi connectivity index (χ0) is 19.8. The number of nitrogens with one attached hydrogen (secondary N) is 2. The third-order valence-corrected chi connectivity index (χ3v) is 6.71. The molecule has 5 nitrogen and oxygen atoms in total. The van der Waals surface area contributed by atoms with E-state index in [-0.39, 0.29) is 5.54 Å². The molecule has 4 rings (SSSR count). The minimum absolute atomic E-state index is 0.0145. The predicted octanol–water partition coefficient (Wildman–Crippen LogP) is 3.36. The van der Waals surface area contributed by atoms with Crippen LogP contribution in [0.3, 0.4) is 0 Å². The van der Waals surface area contributed by atoms with Crippen molar-refractivity contribution in [2.24, 2.45) is 5.41 Å². The number of aliphatic carboxylic acids is 1. The number of rotatable bonds is 6. The Morgan fingerprint density at radius 2 is 2.04 bits per heavy atom. The molecule has 0 spiro atoms. The average molecular weight is 382 g/mol. The number of carboxylic acids is 1. The average Bonchev–Trinajstić information content (AvgIpc) is 2.99. The smallest absolute Gasteiger partial charge is 0.311 e. The number of nitrogens with zero attached hydrogens (tertiary/aromatic N) is 1. The topological polar surface area (TPSA) is 64.6 Å². The van der Waals surface area contributed by atoms with Crippen molar-refractivity contribution in [2.45, 2.75) is 38.6 Å². The van der Waals surface area contributed by atoms with Crippen LogP contribution in [0.2, 0.25) is 0 Å². The molecule has 150 valence electrons. The molecular weight excluding hydrogens is 350 g/mol. The molecule has 1 aliphatic carbocycles. The molecular formula is C23H31N3O2. The number of likely N-dealkylation sites (tertiary alicyclic amines) is 1. The number of piperidine rings is 1. The fourth-order valence-corrected chi connectivity index (χ4v) is 4.80. The van der Waals surface area contributed by atoms with Gasteiger partial charge in [0.05, 0.1) is 11.0 Å². The summed E-state index contributed by atoms with van der Waals surface area (Å²) in [6.45, 7) is 8.26. The van der Waals surface area contributed by atoms with E-state index >= 15 is 0 Å². The zero-order valence-electron chi connectivity index (χ0n) is 16.9. The van der Waals surface area contributed by atoms with E-state index in [1.807, 2.05) is 6.92 Å². The van der Waals surface area contributed by atoms with Gasteiger partial charge in [0.2, 0.25) is 0 Å². The third-order valence-electron chi connectivity index (χ3n) is 6.71. The van der Waals surface area contributed by atoms with Gasteiger partial charge < -0.3 is 15.7 Å². The van der Waals surface area contributed by atoms with Crippen molar-refractivity contribution in [1.29, 1.82) is 0 Å². The van der Waals surface area contributed by atoms with Gasteiger partial charge in [-0.1, -0.05) is 37.3 Å². The van der Waals surface area contributed by atoms with Gasteiger partial charge in [-0.25, -0.2) is 0 Å². The minimum atomic E-state index is -0.656. The third kappa shape index (κ3) is 3.38. The van der Waals surface area contributed by atoms with E-state index in [1.165, 1.54) is 22.4 Å². The van der Waals surface area contributed by atoms with Gasteiger partial charge in [0.25, 0.3) is 0 Å². The van der Waals surface area contributed by atoms with Crippen LogP contribution < -0.4 is 10.6 Å². The van der Waals surface area contributed by atoms with Gasteiger partial charge in [-0.05, 0) is 63.0 Å². The molecule has 0 saturated carbocycles. The number of anilines is 1. The summed E-state index contributed by atoms with van der Waals surface area (Å²) >= 11 is 0. The molecule has 3 aliphatic rings. The fraction of sp³-hybridized carbons (Fsp3) is 0.522. The fourth-order valence-electron chi connectivity index (χ4n) is 4.80. The van der Waals surface area contributed by atoms with Crippen molar-refractivity contribution in [3.05, 3.63) is 47.6 Å². The van der Waals surface area contributed by atoms with E-state index < -0.39 is 11.4 Å². The molecule has 1 aromatic rings. The van der Waals surface area contributed by atoms with Crippen molar-refractivity contribution >= 4 is 17.2 Å². The Labute approximate surface area is 167 Å². The summed E-state index contributed by atoms with van der Waals surface area (Å²) in [4.78, 5) is 14.3. The van der Waals surface area contributed by atoms with E-state index in [9.17, 15) is 9.90 Å². The highest BCUT2D eigenvalue weighted by atomic mass is 16.4. The first-order valence-corrected chi connectivity index (χ1v) is 10.4. The molecule has 0 amide bonds. The van der Waals surface area contributed by atoms with Crippen LogP contribution in [0.1, 0.15) is 38.7 Å². The summed E-state index contributed by atoms with van der Waals surface area (Å²) in [7, 11) is 0. The van der Waals surface area contributed by atoms with Crippen molar-refractivity contribution < 1.29 is 9.90 Å². The van der Waals surface area contributed by atoms with Crippen molar-refractivity contribution in [3.63, 3.8) is 0 Å². The SMILES string of the molecule is CCNCC1(C(=O)O)CCN(CC2=CCC3(C)Nc4ccccc4C3=C2)CC1. The molecule has 0 radical (unpaired) electrons. The van der Waals surface area contributed by atoms with Crippen LogP contribution >= 0.6 is 0 Å². The highest BCUT2D eigenvalue weighted by molar-refractivity contribution is 5.91. The second kappa shape index (κ2) is 7.37. The summed E-state index contributed by atoms with van der Waals surface area (Å²) in [6.07, 6.45) is 7.10. The Hall–Kier alpha value is -2.11. The zero-order valence-corrected chi connectivity index (χ0v) is 16.9. The van der Waals surface area contributed by atoms with Gasteiger partial charge in [0.1, 0.15) is 0 Å². The lowest BCUT2D eigenvalue weighted by atomic mass is 9.78. The number of benzene rings is 1. The lowest BCUT2D eigenvalue weighted by Crippen LogP contribution is -2.49. The molecule has 2 aliphatic heterocycles. The van der Waals surface area contributed by atoms with Gasteiger partial charge >= 0.3 is 5.97 Å². The Morgan fingerprint density at radius 1 is 1.29 bits per heavy atom. The van der Waals surface area contributed by atoms with E-state index in [0.717, 1.165) is 32.6 Å². The van der Waals surface area contributed by atoms with Crippen LogP contribution in [0.5, 0.6) is 0 Å². The summed E-state index contributed by atoms with van der Waals surface area (Å²) in [5.41, 5.74) is 4.63. The van der Waals surface area contributed by atoms with Crippen LogP contribution in [0, 0.1) is 5.41 Å². The molecule has 5 heteroatoms. The monoisotopic (exact) mass is 381 g/mol. The van der Waals surface area contributed by atoms with Gasteiger partial charge in [-0.2, -0.15) is 0 Å². The van der Waals surface area contributed by atoms with E-state index in [1.54, 1.807) is 0 Å². The number of hydrogen-bond donors (Lipinski definition) is 3. The lowest BCUT2D eigenvalue weighted by Gasteiger charge is -2.39. The second-order valence-corrected chi connectivity index (χ2v) is 8.69. The van der Waals surface area contributed by atoms with Gasteiger partial charge in [-0.3, -0.25) is 9.69 Å². The summed E-state index contributed by atoms with van der Waals surface area (Å²) in [5.74, 6) is -0.656. The predicted molar refractivity (Wildman–Crippen MR) is 113 cm³/mol. The molecule has 1 unspecified atom stereocenters. The Bertz CT molecular complexity index is 821. The first-order chi connectivity index (χ1) is 13.5. The Balaban J connectivity index is 1.43. The van der Waals surface area contributed by atoms with Gasteiger partial charge in [0, 0.05) is 24.3 Å². The van der Waals surface area contributed by atoms with Crippen LogP contribution in [0.25, 0.3) is 5.57 Å². The van der Waals surface area contributed by atoms with Crippen molar-refractivity contribution in [1.82, 2.24) is 10.2 Å². The number of carbonyl (C=O) groups is 1. The maximum absolute atomic E-state index is 11.9. The molecule has 2 heterocycles. The van der Waals surface area contributed by atoms with E-state index in [0.29, 0.717) is 19.4 Å². The van der Waals surface area contributed by atoms with Crippen LogP contribution in [-0.2, 0) is 4.79 Å². The van der Waals surface area contributed by atoms with Crippen LogP contribution in [0.4, 0.5) is 5.69 Å². The maximum atomic E-state index is 11.9. The normalized spacial score (nSPS) is 25.9. The molecule has 28 heavy (non-hydrogen) atoms. The maximum Gasteiger partial charge on any atom is 0.311 e. The highest BCUT2D eigenvalue weighted by Gasteiger charge is 2.42. The van der Waals surface area contributed by atoms with Gasteiger partial charge in [0.15, 0.2) is 0 Å². The molecule has 1 saturated heterocycles.